The fraction of sp³-hybridized carbons (Fsp3) is 0.591. The van der Waals surface area contributed by atoms with Gasteiger partial charge < -0.3 is 5.32 Å². The minimum Gasteiger partial charge on any atom is -0.307 e. The van der Waals surface area contributed by atoms with E-state index in [0.717, 1.165) is 55.8 Å². The van der Waals surface area contributed by atoms with Gasteiger partial charge in [0.05, 0.1) is 23.5 Å². The molecule has 0 spiro atoms. The molecule has 2 heterocycles. The summed E-state index contributed by atoms with van der Waals surface area (Å²) in [5.41, 5.74) is 3.79. The first kappa shape index (κ1) is 20.5. The van der Waals surface area contributed by atoms with Crippen LogP contribution >= 0.6 is 11.6 Å². The summed E-state index contributed by atoms with van der Waals surface area (Å²) in [6.45, 7) is 1.88. The van der Waals surface area contributed by atoms with Crippen LogP contribution in [0.25, 0.3) is 0 Å². The maximum absolute atomic E-state index is 12.2. The van der Waals surface area contributed by atoms with Gasteiger partial charge in [-0.3, -0.25) is 4.68 Å². The molecule has 162 valence electrons. The second-order valence-corrected chi connectivity index (χ2v) is 11.4. The molecule has 2 fully saturated rings. The summed E-state index contributed by atoms with van der Waals surface area (Å²) >= 11 is 6.13. The van der Waals surface area contributed by atoms with E-state index in [1.165, 1.54) is 17.5 Å². The van der Waals surface area contributed by atoms with Gasteiger partial charge in [0.15, 0.2) is 0 Å². The van der Waals surface area contributed by atoms with Crippen molar-refractivity contribution in [3.63, 3.8) is 0 Å². The largest absolute Gasteiger partial charge is 0.307 e. The predicted molar refractivity (Wildman–Crippen MR) is 118 cm³/mol. The Morgan fingerprint density at radius 3 is 2.60 bits per heavy atom. The molecule has 0 amide bonds. The average molecular weight is 449 g/mol. The molecule has 30 heavy (non-hydrogen) atoms. The summed E-state index contributed by atoms with van der Waals surface area (Å²) in [4.78, 5) is 0. The molecule has 1 aliphatic heterocycles. The van der Waals surface area contributed by atoms with Gasteiger partial charge in [0.25, 0.3) is 0 Å². The van der Waals surface area contributed by atoms with Crippen LogP contribution in [0.15, 0.2) is 30.5 Å². The van der Waals surface area contributed by atoms with Crippen molar-refractivity contribution < 1.29 is 8.42 Å². The summed E-state index contributed by atoms with van der Waals surface area (Å²) in [6, 6.07) is 8.46. The topological polar surface area (TPSA) is 76.0 Å². The first-order valence-electron chi connectivity index (χ1n) is 11.0. The highest BCUT2D eigenvalue weighted by Crippen LogP contribution is 2.53. The first-order valence-corrected chi connectivity index (χ1v) is 12.9. The predicted octanol–water partition coefficient (Wildman–Crippen LogP) is 3.32. The molecule has 6 nitrogen and oxygen atoms in total. The van der Waals surface area contributed by atoms with Gasteiger partial charge in [0, 0.05) is 23.2 Å². The molecule has 8 heteroatoms. The molecule has 5 rings (SSSR count). The first-order chi connectivity index (χ1) is 14.5. The summed E-state index contributed by atoms with van der Waals surface area (Å²) in [7, 11) is -3.18. The van der Waals surface area contributed by atoms with Crippen molar-refractivity contribution >= 4 is 21.6 Å². The molecule has 2 N–H and O–H groups in total. The van der Waals surface area contributed by atoms with Crippen molar-refractivity contribution in [1.29, 1.82) is 0 Å². The van der Waals surface area contributed by atoms with Gasteiger partial charge in [-0.15, -0.1) is 0 Å². The van der Waals surface area contributed by atoms with E-state index in [2.05, 4.69) is 28.4 Å². The third kappa shape index (κ3) is 3.60. The fourth-order valence-electron chi connectivity index (χ4n) is 5.12. The molecule has 2 saturated carbocycles. The third-order valence-corrected chi connectivity index (χ3v) is 9.45. The van der Waals surface area contributed by atoms with Crippen LogP contribution in [0.5, 0.6) is 0 Å². The fourth-order valence-corrected chi connectivity index (χ4v) is 6.81. The molecule has 2 aliphatic carbocycles. The number of rotatable bonds is 7. The number of nitrogens with zero attached hydrogens (tertiary/aromatic N) is 2. The molecule has 1 atom stereocenters. The van der Waals surface area contributed by atoms with Gasteiger partial charge >= 0.3 is 0 Å². The van der Waals surface area contributed by atoms with Crippen molar-refractivity contribution in [3.05, 3.63) is 52.3 Å². The number of hydrogen-bond acceptors (Lipinski definition) is 4. The molecular weight excluding hydrogens is 420 g/mol. The van der Waals surface area contributed by atoms with Gasteiger partial charge in [-0.2, -0.15) is 5.10 Å². The Balaban J connectivity index is 1.33. The minimum atomic E-state index is -3.18. The zero-order valence-corrected chi connectivity index (χ0v) is 18.7. The van der Waals surface area contributed by atoms with Crippen LogP contribution in [0.3, 0.4) is 0 Å². The number of aromatic nitrogens is 2. The van der Waals surface area contributed by atoms with E-state index >= 15 is 0 Å². The molecular formula is C22H29ClN4O2S. The molecule has 0 saturated heterocycles. The third-order valence-electron chi connectivity index (χ3n) is 7.24. The molecule has 0 bridgehead atoms. The van der Waals surface area contributed by atoms with Crippen molar-refractivity contribution in [2.75, 3.05) is 13.1 Å². The van der Waals surface area contributed by atoms with Crippen LogP contribution in [0.1, 0.15) is 61.4 Å². The van der Waals surface area contributed by atoms with Crippen LogP contribution in [0.2, 0.25) is 5.02 Å². The van der Waals surface area contributed by atoms with Crippen LogP contribution in [0, 0.1) is 0 Å². The Kier molecular flexibility index (Phi) is 5.42. The highest BCUT2D eigenvalue weighted by Gasteiger charge is 2.48. The van der Waals surface area contributed by atoms with Crippen molar-refractivity contribution in [2.24, 2.45) is 0 Å². The minimum absolute atomic E-state index is 0.0603. The van der Waals surface area contributed by atoms with E-state index in [4.69, 9.17) is 16.7 Å². The van der Waals surface area contributed by atoms with Gasteiger partial charge in [-0.05, 0) is 61.9 Å². The molecule has 1 aromatic heterocycles. The van der Waals surface area contributed by atoms with Gasteiger partial charge in [-0.25, -0.2) is 13.1 Å². The van der Waals surface area contributed by atoms with Crippen LogP contribution < -0.4 is 10.0 Å². The molecule has 3 aliphatic rings. The van der Waals surface area contributed by atoms with Gasteiger partial charge in [-0.1, -0.05) is 36.6 Å². The van der Waals surface area contributed by atoms with Crippen molar-refractivity contribution in [2.45, 2.75) is 68.2 Å². The molecule has 1 aromatic carbocycles. The summed E-state index contributed by atoms with van der Waals surface area (Å²) in [6.07, 6.45) is 9.14. The van der Waals surface area contributed by atoms with E-state index in [1.807, 2.05) is 16.8 Å². The van der Waals surface area contributed by atoms with Crippen LogP contribution in [-0.2, 0) is 28.4 Å². The molecule has 2 aromatic rings. The van der Waals surface area contributed by atoms with Gasteiger partial charge in [0.1, 0.15) is 0 Å². The normalized spacial score (nSPS) is 23.4. The van der Waals surface area contributed by atoms with E-state index in [1.54, 1.807) is 0 Å². The number of halogens is 1. The van der Waals surface area contributed by atoms with Crippen LogP contribution in [0.4, 0.5) is 0 Å². The number of benzene rings is 1. The summed E-state index contributed by atoms with van der Waals surface area (Å²) < 4.78 is 29.2. The van der Waals surface area contributed by atoms with E-state index in [9.17, 15) is 8.42 Å². The smallest absolute Gasteiger partial charge is 0.214 e. The average Bonchev–Trinajstić information content (AvgIpc) is 3.04. The maximum atomic E-state index is 12.2. The summed E-state index contributed by atoms with van der Waals surface area (Å²) in [5, 5.41) is 9.21. The van der Waals surface area contributed by atoms with Crippen LogP contribution in [-0.4, -0.2) is 36.5 Å². The SMILES string of the molecule is O=S(=O)(NCCn1cc2c(n1)C(C1(c3ccc(Cl)cc3)CCC1)NCC2)C1CCC1. The zero-order chi connectivity index (χ0) is 20.8. The monoisotopic (exact) mass is 448 g/mol. The maximum Gasteiger partial charge on any atom is 0.214 e. The number of fused-ring (bicyclic) bond motifs is 1. The Morgan fingerprint density at radius 1 is 1.20 bits per heavy atom. The van der Waals surface area contributed by atoms with Crippen molar-refractivity contribution in [1.82, 2.24) is 19.8 Å². The second kappa shape index (κ2) is 7.93. The summed E-state index contributed by atoms with van der Waals surface area (Å²) in [5.74, 6) is 0. The Bertz CT molecular complexity index is 1010. The van der Waals surface area contributed by atoms with E-state index in [0.29, 0.717) is 13.1 Å². The highest BCUT2D eigenvalue weighted by molar-refractivity contribution is 7.90. The second-order valence-electron chi connectivity index (χ2n) is 8.95. The number of nitrogens with one attached hydrogen (secondary N) is 2. The molecule has 0 radical (unpaired) electrons. The number of hydrogen-bond donors (Lipinski definition) is 2. The van der Waals surface area contributed by atoms with Gasteiger partial charge in [0.2, 0.25) is 10.0 Å². The quantitative estimate of drug-likeness (QED) is 0.681. The molecule has 1 unspecified atom stereocenters. The van der Waals surface area contributed by atoms with E-state index in [-0.39, 0.29) is 16.7 Å². The lowest BCUT2D eigenvalue weighted by Crippen LogP contribution is -2.49. The van der Waals surface area contributed by atoms with E-state index < -0.39 is 10.0 Å². The highest BCUT2D eigenvalue weighted by atomic mass is 35.5. The Hall–Kier alpha value is -1.41. The zero-order valence-electron chi connectivity index (χ0n) is 17.1. The Morgan fingerprint density at radius 2 is 1.97 bits per heavy atom. The Labute approximate surface area is 183 Å². The lowest BCUT2D eigenvalue weighted by atomic mass is 9.58. The van der Waals surface area contributed by atoms with Crippen molar-refractivity contribution in [3.8, 4) is 0 Å². The standard InChI is InChI=1S/C22H29ClN4O2S/c23-18-7-5-17(6-8-18)22(10-2-11-22)21-20-16(9-12-24-21)15-27(26-20)14-13-25-30(28,29)19-3-1-4-19/h5-8,15,19,21,24-25H,1-4,9-14H2. The lowest BCUT2D eigenvalue weighted by molar-refractivity contribution is 0.161. The number of sulfonamides is 1. The lowest BCUT2D eigenvalue weighted by Gasteiger charge is -2.49.